The van der Waals surface area contributed by atoms with E-state index in [1.807, 2.05) is 6.92 Å². The number of unbranched alkanes of at least 4 members (excludes halogenated alkanes) is 1. The number of benzene rings is 3. The summed E-state index contributed by atoms with van der Waals surface area (Å²) < 4.78 is 88.5. The van der Waals surface area contributed by atoms with Gasteiger partial charge in [-0.05, 0) is 63.1 Å². The van der Waals surface area contributed by atoms with E-state index in [1.54, 1.807) is 45.9 Å². The van der Waals surface area contributed by atoms with Crippen LogP contribution in [0.2, 0.25) is 0 Å². The third-order valence-corrected chi connectivity index (χ3v) is 8.96. The van der Waals surface area contributed by atoms with Crippen LogP contribution < -0.4 is 15.7 Å². The van der Waals surface area contributed by atoms with E-state index in [0.29, 0.717) is 17.5 Å². The molecule has 0 saturated carbocycles. The standard InChI is InChI=1S/C33H37F4N5O4S/c1-6-8-13-29-39-42(27-19-23(38-30(43)7-2)16-17-25(27)33(35,36)37)31(44)41(29)20-22-15-14-21(18-26(22)34)24-11-9-10-12-28(24)47(45,46)40-32(3,4)5/h9-12,14-19,40H,6-8,13,20H2,1-5H3,(H,38,43). The van der Waals surface area contributed by atoms with Crippen LogP contribution in [-0.2, 0) is 34.0 Å². The molecule has 1 aromatic heterocycles. The van der Waals surface area contributed by atoms with Crippen LogP contribution in [-0.4, -0.2) is 34.2 Å². The number of sulfonamides is 1. The number of nitrogens with one attached hydrogen (secondary N) is 2. The highest BCUT2D eigenvalue weighted by atomic mass is 32.2. The zero-order valence-corrected chi connectivity index (χ0v) is 27.5. The molecule has 0 fully saturated rings. The van der Waals surface area contributed by atoms with Crippen LogP contribution in [0, 0.1) is 5.82 Å². The molecule has 47 heavy (non-hydrogen) atoms. The van der Waals surface area contributed by atoms with Gasteiger partial charge in [-0.15, -0.1) is 5.10 Å². The molecule has 0 aliphatic carbocycles. The Kier molecular flexibility index (Phi) is 10.5. The molecule has 9 nitrogen and oxygen atoms in total. The van der Waals surface area contributed by atoms with Crippen molar-refractivity contribution in [3.63, 3.8) is 0 Å². The number of amides is 1. The summed E-state index contributed by atoms with van der Waals surface area (Å²) in [5.74, 6) is -1.03. The Morgan fingerprint density at radius 2 is 1.68 bits per heavy atom. The van der Waals surface area contributed by atoms with Gasteiger partial charge in [-0.1, -0.05) is 50.6 Å². The third-order valence-electron chi connectivity index (χ3n) is 7.14. The Balaban J connectivity index is 1.79. The summed E-state index contributed by atoms with van der Waals surface area (Å²) in [6.45, 7) is 8.24. The van der Waals surface area contributed by atoms with Crippen LogP contribution in [0.5, 0.6) is 0 Å². The molecule has 0 unspecified atom stereocenters. The second-order valence-corrected chi connectivity index (χ2v) is 13.7. The summed E-state index contributed by atoms with van der Waals surface area (Å²) in [6, 6.07) is 13.1. The number of aryl methyl sites for hydroxylation is 1. The smallest absolute Gasteiger partial charge is 0.326 e. The van der Waals surface area contributed by atoms with Gasteiger partial charge in [0.25, 0.3) is 0 Å². The molecule has 0 aliphatic rings. The minimum Gasteiger partial charge on any atom is -0.326 e. The summed E-state index contributed by atoms with van der Waals surface area (Å²) in [4.78, 5) is 25.6. The molecule has 0 spiro atoms. The van der Waals surface area contributed by atoms with Gasteiger partial charge in [0.1, 0.15) is 11.6 Å². The van der Waals surface area contributed by atoms with Gasteiger partial charge in [0.2, 0.25) is 15.9 Å². The number of halogens is 4. The fraction of sp³-hybridized carbons (Fsp3) is 0.364. The van der Waals surface area contributed by atoms with Crippen molar-refractivity contribution in [2.45, 2.75) is 83.5 Å². The van der Waals surface area contributed by atoms with Gasteiger partial charge in [0.05, 0.1) is 22.7 Å². The molecule has 1 heterocycles. The second-order valence-electron chi connectivity index (χ2n) is 12.1. The number of carbonyl (C=O) groups excluding carboxylic acids is 1. The van der Waals surface area contributed by atoms with Crippen molar-refractivity contribution in [2.24, 2.45) is 0 Å². The zero-order chi connectivity index (χ0) is 34.7. The number of aromatic nitrogens is 3. The van der Waals surface area contributed by atoms with Gasteiger partial charge in [-0.25, -0.2) is 22.3 Å². The Morgan fingerprint density at radius 3 is 2.30 bits per heavy atom. The number of hydrogen-bond donors (Lipinski definition) is 2. The second kappa shape index (κ2) is 13.8. The van der Waals surface area contributed by atoms with E-state index in [2.05, 4.69) is 15.1 Å². The van der Waals surface area contributed by atoms with Crippen molar-refractivity contribution in [2.75, 3.05) is 5.32 Å². The average molecular weight is 676 g/mol. The molecule has 14 heteroatoms. The summed E-state index contributed by atoms with van der Waals surface area (Å²) in [7, 11) is -3.97. The van der Waals surface area contributed by atoms with Crippen LogP contribution in [0.1, 0.15) is 70.8 Å². The summed E-state index contributed by atoms with van der Waals surface area (Å²) in [6.07, 6.45) is -3.26. The van der Waals surface area contributed by atoms with Crippen LogP contribution >= 0.6 is 0 Å². The van der Waals surface area contributed by atoms with E-state index in [4.69, 9.17) is 0 Å². The first-order valence-electron chi connectivity index (χ1n) is 15.1. The lowest BCUT2D eigenvalue weighted by Crippen LogP contribution is -2.40. The van der Waals surface area contributed by atoms with Crippen molar-refractivity contribution in [1.29, 1.82) is 0 Å². The maximum Gasteiger partial charge on any atom is 0.418 e. The first-order valence-corrected chi connectivity index (χ1v) is 16.6. The minimum atomic E-state index is -4.84. The molecule has 0 bridgehead atoms. The molecule has 252 valence electrons. The Labute approximate surface area is 270 Å². The monoisotopic (exact) mass is 675 g/mol. The molecule has 4 rings (SSSR count). The van der Waals surface area contributed by atoms with Gasteiger partial charge in [0, 0.05) is 35.2 Å². The molecule has 0 atom stereocenters. The molecule has 0 aliphatic heterocycles. The van der Waals surface area contributed by atoms with Crippen molar-refractivity contribution < 1.29 is 30.8 Å². The fourth-order valence-corrected chi connectivity index (χ4v) is 6.61. The maximum atomic E-state index is 15.7. The molecule has 3 aromatic carbocycles. The number of alkyl halides is 3. The lowest BCUT2D eigenvalue weighted by atomic mass is 10.0. The largest absolute Gasteiger partial charge is 0.418 e. The Hall–Kier alpha value is -4.30. The maximum absolute atomic E-state index is 15.7. The molecular formula is C33H37F4N5O4S. The highest BCUT2D eigenvalue weighted by Crippen LogP contribution is 2.35. The average Bonchev–Trinajstić information content (AvgIpc) is 3.29. The summed E-state index contributed by atoms with van der Waals surface area (Å²) in [5, 5.41) is 6.75. The molecule has 1 amide bonds. The van der Waals surface area contributed by atoms with E-state index in [9.17, 15) is 31.2 Å². The first-order chi connectivity index (χ1) is 21.9. The van der Waals surface area contributed by atoms with E-state index >= 15 is 4.39 Å². The number of rotatable bonds is 11. The van der Waals surface area contributed by atoms with E-state index in [-0.39, 0.29) is 52.5 Å². The lowest BCUT2D eigenvalue weighted by Gasteiger charge is -2.21. The molecule has 2 N–H and O–H groups in total. The van der Waals surface area contributed by atoms with Crippen LogP contribution in [0.4, 0.5) is 23.2 Å². The predicted molar refractivity (Wildman–Crippen MR) is 171 cm³/mol. The summed E-state index contributed by atoms with van der Waals surface area (Å²) in [5.41, 5.74) is -2.77. The van der Waals surface area contributed by atoms with Gasteiger partial charge in [0.15, 0.2) is 0 Å². The number of carbonyl (C=O) groups is 1. The minimum absolute atomic E-state index is 0.0424. The van der Waals surface area contributed by atoms with Crippen molar-refractivity contribution in [3.8, 4) is 16.8 Å². The number of anilines is 1. The predicted octanol–water partition coefficient (Wildman–Crippen LogP) is 6.68. The van der Waals surface area contributed by atoms with Gasteiger partial charge in [-0.2, -0.15) is 17.9 Å². The van der Waals surface area contributed by atoms with Crippen molar-refractivity contribution in [1.82, 2.24) is 19.1 Å². The molecule has 0 radical (unpaired) electrons. The Morgan fingerprint density at radius 1 is 0.979 bits per heavy atom. The van der Waals surface area contributed by atoms with Crippen LogP contribution in [0.3, 0.4) is 0 Å². The molecule has 4 aromatic rings. The lowest BCUT2D eigenvalue weighted by molar-refractivity contribution is -0.137. The van der Waals surface area contributed by atoms with Crippen LogP contribution in [0.15, 0.2) is 70.4 Å². The highest BCUT2D eigenvalue weighted by Gasteiger charge is 2.35. The van der Waals surface area contributed by atoms with Crippen molar-refractivity contribution >= 4 is 21.6 Å². The molecule has 0 saturated heterocycles. The number of hydrogen-bond acceptors (Lipinski definition) is 5. The van der Waals surface area contributed by atoms with E-state index in [1.165, 1.54) is 18.2 Å². The normalized spacial score (nSPS) is 12.4. The van der Waals surface area contributed by atoms with E-state index < -0.39 is 50.4 Å². The topological polar surface area (TPSA) is 115 Å². The third kappa shape index (κ3) is 8.35. The van der Waals surface area contributed by atoms with E-state index in [0.717, 1.165) is 28.8 Å². The quantitative estimate of drug-likeness (QED) is 0.172. The summed E-state index contributed by atoms with van der Waals surface area (Å²) >= 11 is 0. The van der Waals surface area contributed by atoms with Gasteiger partial charge >= 0.3 is 11.9 Å². The van der Waals surface area contributed by atoms with Gasteiger partial charge < -0.3 is 5.32 Å². The fourth-order valence-electron chi connectivity index (χ4n) is 4.96. The first kappa shape index (κ1) is 35.6. The van der Waals surface area contributed by atoms with Crippen molar-refractivity contribution in [3.05, 3.63) is 93.9 Å². The van der Waals surface area contributed by atoms with Crippen LogP contribution in [0.25, 0.3) is 16.8 Å². The SMILES string of the molecule is CCCCc1nn(-c2cc(NC(=O)CC)ccc2C(F)(F)F)c(=O)n1Cc1ccc(-c2ccccc2S(=O)(=O)NC(C)(C)C)cc1F. The zero-order valence-electron chi connectivity index (χ0n) is 26.7. The highest BCUT2D eigenvalue weighted by molar-refractivity contribution is 7.89. The Bertz CT molecular complexity index is 1940. The number of nitrogens with zero attached hydrogens (tertiary/aromatic N) is 3. The van der Waals surface area contributed by atoms with Gasteiger partial charge in [-0.3, -0.25) is 9.36 Å². The molecular weight excluding hydrogens is 638 g/mol.